The summed E-state index contributed by atoms with van der Waals surface area (Å²) in [5, 5.41) is 6.48. The number of nitrogens with one attached hydrogen (secondary N) is 1. The van der Waals surface area contributed by atoms with Crippen LogP contribution >= 0.6 is 0 Å². The van der Waals surface area contributed by atoms with E-state index in [9.17, 15) is 4.79 Å². The molecular formula is C17H23N5O2. The van der Waals surface area contributed by atoms with E-state index < -0.39 is 0 Å². The first kappa shape index (κ1) is 16.4. The zero-order chi connectivity index (χ0) is 16.8. The van der Waals surface area contributed by atoms with Crippen molar-refractivity contribution in [3.63, 3.8) is 0 Å². The molecular weight excluding hydrogens is 306 g/mol. The second-order valence-corrected chi connectivity index (χ2v) is 6.12. The van der Waals surface area contributed by atoms with Crippen LogP contribution in [-0.2, 0) is 6.54 Å². The molecule has 0 aromatic carbocycles. The number of carbonyl (C=O) groups excluding carboxylic acids is 1. The number of pyridine rings is 1. The summed E-state index contributed by atoms with van der Waals surface area (Å²) < 4.78 is 4.74. The highest BCUT2D eigenvalue weighted by atomic mass is 16.5. The van der Waals surface area contributed by atoms with E-state index in [4.69, 9.17) is 4.52 Å². The Bertz CT molecular complexity index is 632. The molecule has 1 saturated heterocycles. The van der Waals surface area contributed by atoms with Crippen molar-refractivity contribution in [3.05, 3.63) is 42.4 Å². The largest absolute Gasteiger partial charge is 0.363 e. The molecule has 0 bridgehead atoms. The zero-order valence-electron chi connectivity index (χ0n) is 13.9. The third kappa shape index (κ3) is 4.32. The number of rotatable bonds is 4. The smallest absolute Gasteiger partial charge is 0.323 e. The molecule has 7 heteroatoms. The van der Waals surface area contributed by atoms with Crippen LogP contribution in [-0.4, -0.2) is 52.2 Å². The Balaban J connectivity index is 1.51. The van der Waals surface area contributed by atoms with Crippen LogP contribution < -0.4 is 5.32 Å². The van der Waals surface area contributed by atoms with Crippen molar-refractivity contribution >= 4 is 11.8 Å². The van der Waals surface area contributed by atoms with Gasteiger partial charge in [0.15, 0.2) is 5.82 Å². The standard InChI is InChI=1S/C17H23N5O2/c1-21(13-14-5-2-3-9-18-14)15-6-4-10-22(11-7-15)17(23)19-16-8-12-24-20-16/h2-3,5,8-9,12,15H,4,6-7,10-11,13H2,1H3,(H,19,20,23)/t15-/m0/s1. The monoisotopic (exact) mass is 329 g/mol. The fourth-order valence-corrected chi connectivity index (χ4v) is 3.06. The van der Waals surface area contributed by atoms with Crippen molar-refractivity contribution in [2.75, 3.05) is 25.5 Å². The van der Waals surface area contributed by atoms with Crippen LogP contribution in [0, 0.1) is 0 Å². The highest BCUT2D eigenvalue weighted by Crippen LogP contribution is 2.18. The second kappa shape index (κ2) is 7.92. The van der Waals surface area contributed by atoms with Crippen LogP contribution in [0.1, 0.15) is 25.0 Å². The average molecular weight is 329 g/mol. The minimum Gasteiger partial charge on any atom is -0.363 e. The van der Waals surface area contributed by atoms with Gasteiger partial charge < -0.3 is 9.42 Å². The summed E-state index contributed by atoms with van der Waals surface area (Å²) >= 11 is 0. The molecule has 128 valence electrons. The van der Waals surface area contributed by atoms with Gasteiger partial charge in [0.1, 0.15) is 6.26 Å². The Labute approximate surface area is 141 Å². The molecule has 1 N–H and O–H groups in total. The SMILES string of the molecule is CN(Cc1ccccn1)[C@H]1CCCN(C(=O)Nc2ccon2)CC1. The van der Waals surface area contributed by atoms with Crippen molar-refractivity contribution in [2.45, 2.75) is 31.8 Å². The van der Waals surface area contributed by atoms with Crippen LogP contribution in [0.3, 0.4) is 0 Å². The van der Waals surface area contributed by atoms with Gasteiger partial charge in [-0.1, -0.05) is 11.2 Å². The lowest BCUT2D eigenvalue weighted by Gasteiger charge is -2.27. The summed E-state index contributed by atoms with van der Waals surface area (Å²) in [7, 11) is 2.13. The topological polar surface area (TPSA) is 74.5 Å². The third-order valence-corrected chi connectivity index (χ3v) is 4.42. The maximum atomic E-state index is 12.3. The number of carbonyl (C=O) groups is 1. The molecule has 24 heavy (non-hydrogen) atoms. The molecule has 0 unspecified atom stereocenters. The lowest BCUT2D eigenvalue weighted by Crippen LogP contribution is -2.37. The fraction of sp³-hybridized carbons (Fsp3) is 0.471. The molecule has 0 aliphatic carbocycles. The number of hydrogen-bond donors (Lipinski definition) is 1. The van der Waals surface area contributed by atoms with Gasteiger partial charge in [0.05, 0.1) is 5.69 Å². The first-order chi connectivity index (χ1) is 11.7. The van der Waals surface area contributed by atoms with Gasteiger partial charge >= 0.3 is 6.03 Å². The molecule has 2 amide bonds. The van der Waals surface area contributed by atoms with E-state index in [1.807, 2.05) is 29.3 Å². The van der Waals surface area contributed by atoms with E-state index >= 15 is 0 Å². The number of hydrogen-bond acceptors (Lipinski definition) is 5. The molecule has 0 spiro atoms. The van der Waals surface area contributed by atoms with Crippen LogP contribution in [0.5, 0.6) is 0 Å². The van der Waals surface area contributed by atoms with Crippen molar-refractivity contribution in [3.8, 4) is 0 Å². The Morgan fingerprint density at radius 1 is 1.38 bits per heavy atom. The molecule has 0 radical (unpaired) electrons. The van der Waals surface area contributed by atoms with Crippen LogP contribution in [0.25, 0.3) is 0 Å². The maximum Gasteiger partial charge on any atom is 0.323 e. The van der Waals surface area contributed by atoms with Crippen LogP contribution in [0.2, 0.25) is 0 Å². The van der Waals surface area contributed by atoms with Gasteiger partial charge in [0.2, 0.25) is 0 Å². The number of nitrogens with zero attached hydrogens (tertiary/aromatic N) is 4. The molecule has 3 heterocycles. The van der Waals surface area contributed by atoms with Crippen molar-refractivity contribution in [1.29, 1.82) is 0 Å². The van der Waals surface area contributed by atoms with E-state index in [0.717, 1.165) is 44.6 Å². The van der Waals surface area contributed by atoms with Crippen molar-refractivity contribution in [2.24, 2.45) is 0 Å². The van der Waals surface area contributed by atoms with Crippen LogP contribution in [0.4, 0.5) is 10.6 Å². The highest BCUT2D eigenvalue weighted by Gasteiger charge is 2.23. The van der Waals surface area contributed by atoms with E-state index in [2.05, 4.69) is 27.4 Å². The van der Waals surface area contributed by atoms with E-state index in [0.29, 0.717) is 11.9 Å². The molecule has 2 aromatic heterocycles. The number of aromatic nitrogens is 2. The summed E-state index contributed by atoms with van der Waals surface area (Å²) in [5.74, 6) is 0.452. The van der Waals surface area contributed by atoms with E-state index in [1.54, 1.807) is 6.07 Å². The molecule has 3 rings (SSSR count). The number of urea groups is 1. The summed E-state index contributed by atoms with van der Waals surface area (Å²) in [4.78, 5) is 20.9. The Morgan fingerprint density at radius 3 is 3.04 bits per heavy atom. The predicted molar refractivity (Wildman–Crippen MR) is 90.4 cm³/mol. The number of amides is 2. The van der Waals surface area contributed by atoms with Crippen molar-refractivity contribution in [1.82, 2.24) is 19.9 Å². The Kier molecular flexibility index (Phi) is 5.43. The summed E-state index contributed by atoms with van der Waals surface area (Å²) in [6.45, 7) is 2.33. The van der Waals surface area contributed by atoms with Crippen molar-refractivity contribution < 1.29 is 9.32 Å². The van der Waals surface area contributed by atoms with Gasteiger partial charge in [0, 0.05) is 37.9 Å². The summed E-state index contributed by atoms with van der Waals surface area (Å²) in [6, 6.07) is 7.97. The lowest BCUT2D eigenvalue weighted by molar-refractivity contribution is 0.200. The molecule has 0 saturated carbocycles. The second-order valence-electron chi connectivity index (χ2n) is 6.12. The average Bonchev–Trinajstić information content (AvgIpc) is 2.96. The molecule has 1 aliphatic rings. The van der Waals surface area contributed by atoms with Gasteiger partial charge in [-0.15, -0.1) is 0 Å². The first-order valence-corrected chi connectivity index (χ1v) is 8.29. The van der Waals surface area contributed by atoms with Gasteiger partial charge in [-0.25, -0.2) is 4.79 Å². The zero-order valence-corrected chi connectivity index (χ0v) is 13.9. The molecule has 1 atom stereocenters. The fourth-order valence-electron chi connectivity index (χ4n) is 3.06. The minimum atomic E-state index is -0.114. The Hall–Kier alpha value is -2.41. The molecule has 2 aromatic rings. The van der Waals surface area contributed by atoms with Gasteiger partial charge in [-0.2, -0.15) is 0 Å². The quantitative estimate of drug-likeness (QED) is 0.933. The normalized spacial score (nSPS) is 18.4. The van der Waals surface area contributed by atoms with Crippen LogP contribution in [0.15, 0.2) is 41.2 Å². The van der Waals surface area contributed by atoms with E-state index in [1.165, 1.54) is 6.26 Å². The number of anilines is 1. The van der Waals surface area contributed by atoms with Gasteiger partial charge in [0.25, 0.3) is 0 Å². The molecule has 1 aliphatic heterocycles. The Morgan fingerprint density at radius 2 is 2.29 bits per heavy atom. The predicted octanol–water partition coefficient (Wildman–Crippen LogP) is 2.59. The minimum absolute atomic E-state index is 0.114. The maximum absolute atomic E-state index is 12.3. The molecule has 1 fully saturated rings. The van der Waals surface area contributed by atoms with Gasteiger partial charge in [-0.3, -0.25) is 15.2 Å². The van der Waals surface area contributed by atoms with Gasteiger partial charge in [-0.05, 0) is 38.4 Å². The lowest BCUT2D eigenvalue weighted by atomic mass is 10.1. The third-order valence-electron chi connectivity index (χ3n) is 4.42. The summed E-state index contributed by atoms with van der Waals surface area (Å²) in [5.41, 5.74) is 1.07. The highest BCUT2D eigenvalue weighted by molar-refractivity contribution is 5.88. The summed E-state index contributed by atoms with van der Waals surface area (Å²) in [6.07, 6.45) is 6.29. The van der Waals surface area contributed by atoms with E-state index in [-0.39, 0.29) is 6.03 Å². The molecule has 7 nitrogen and oxygen atoms in total. The number of likely N-dealkylation sites (tertiary alicyclic amines) is 1. The first-order valence-electron chi connectivity index (χ1n) is 8.29.